The van der Waals surface area contributed by atoms with E-state index >= 15 is 0 Å². The summed E-state index contributed by atoms with van der Waals surface area (Å²) < 4.78 is 0. The first-order chi connectivity index (χ1) is 12.8. The fraction of sp³-hybridized carbons (Fsp3) is 0.120. The van der Waals surface area contributed by atoms with Crippen molar-refractivity contribution in [1.82, 2.24) is 9.97 Å². The molecule has 2 aromatic heterocycles. The Bertz CT molecular complexity index is 929. The maximum Gasteiger partial charge on any atom is 2.00 e. The number of rotatable bonds is 0. The van der Waals surface area contributed by atoms with Gasteiger partial charge in [0.25, 0.3) is 0 Å². The van der Waals surface area contributed by atoms with E-state index in [2.05, 4.69) is 72.8 Å². The van der Waals surface area contributed by atoms with Crippen molar-refractivity contribution in [2.24, 2.45) is 0 Å². The molecule has 1 aliphatic heterocycles. The largest absolute Gasteiger partial charge is 2.00 e. The minimum absolute atomic E-state index is 0. The van der Waals surface area contributed by atoms with Crippen molar-refractivity contribution >= 4 is 0 Å². The predicted octanol–water partition coefficient (Wildman–Crippen LogP) is 5.54. The van der Waals surface area contributed by atoms with Crippen molar-refractivity contribution in [2.45, 2.75) is 20.3 Å². The van der Waals surface area contributed by atoms with Gasteiger partial charge in [-0.25, -0.2) is 0 Å². The van der Waals surface area contributed by atoms with E-state index in [-0.39, 0.29) is 28.5 Å². The van der Waals surface area contributed by atoms with E-state index in [9.17, 15) is 0 Å². The summed E-state index contributed by atoms with van der Waals surface area (Å²) in [6.07, 6.45) is 1.50. The summed E-state index contributed by atoms with van der Waals surface area (Å²) in [6, 6.07) is 31.9. The van der Waals surface area contributed by atoms with Crippen LogP contribution in [0.1, 0.15) is 29.9 Å². The minimum atomic E-state index is 0. The molecule has 1 aliphatic rings. The van der Waals surface area contributed by atoms with Crippen LogP contribution < -0.4 is 0 Å². The number of pyridine rings is 2. The Balaban J connectivity index is 0.00000112. The molecule has 2 aromatic carbocycles. The molecule has 0 spiro atoms. The van der Waals surface area contributed by atoms with Gasteiger partial charge >= 0.3 is 21.1 Å². The van der Waals surface area contributed by atoms with E-state index in [1.54, 1.807) is 0 Å². The van der Waals surface area contributed by atoms with E-state index in [1.807, 2.05) is 12.1 Å². The standard InChI is InChI=1S/C24H16N2.CH4.Pt/c1-5-17-13-19(7-1)23-11-3-10-22(25-23)16-18-6-2-8-20(14-18)24-12-4-9-21(15-17)26-24;;/h1-12H,15-16H2;1H4;/q-2;;+2. The first kappa shape index (κ1) is 20.2. The Morgan fingerprint density at radius 2 is 1.00 bits per heavy atom. The average molecular weight is 544 g/mol. The average Bonchev–Trinajstić information content (AvgIpc) is 2.68. The van der Waals surface area contributed by atoms with Gasteiger partial charge in [-0.2, -0.15) is 0 Å². The van der Waals surface area contributed by atoms with Crippen LogP contribution in [0.15, 0.2) is 72.8 Å². The number of hydrogen-bond acceptors (Lipinski definition) is 2. The summed E-state index contributed by atoms with van der Waals surface area (Å²) in [4.78, 5) is 9.70. The molecule has 0 saturated carbocycles. The molecule has 28 heavy (non-hydrogen) atoms. The van der Waals surface area contributed by atoms with E-state index < -0.39 is 0 Å². The summed E-state index contributed by atoms with van der Waals surface area (Å²) in [5, 5.41) is 0. The summed E-state index contributed by atoms with van der Waals surface area (Å²) >= 11 is 0. The van der Waals surface area contributed by atoms with Crippen molar-refractivity contribution in [3.8, 4) is 22.5 Å². The summed E-state index contributed by atoms with van der Waals surface area (Å²) in [5.41, 5.74) is 8.27. The zero-order valence-corrected chi connectivity index (χ0v) is 16.8. The smallest absolute Gasteiger partial charge is 0.301 e. The molecule has 0 N–H and O–H groups in total. The van der Waals surface area contributed by atoms with Gasteiger partial charge in [0.05, 0.1) is 0 Å². The Hall–Kier alpha value is -2.57. The predicted molar refractivity (Wildman–Crippen MR) is 109 cm³/mol. The van der Waals surface area contributed by atoms with Crippen LogP contribution in [-0.4, -0.2) is 9.97 Å². The van der Waals surface area contributed by atoms with Gasteiger partial charge in [-0.05, 0) is 36.4 Å². The van der Waals surface area contributed by atoms with Crippen molar-refractivity contribution in [3.05, 3.63) is 107 Å². The summed E-state index contributed by atoms with van der Waals surface area (Å²) in [5.74, 6) is 0. The van der Waals surface area contributed by atoms with Gasteiger partial charge in [0, 0.05) is 11.4 Å². The zero-order chi connectivity index (χ0) is 17.3. The van der Waals surface area contributed by atoms with Crippen LogP contribution in [0.5, 0.6) is 0 Å². The third-order valence-corrected chi connectivity index (χ3v) is 4.62. The molecule has 0 fully saturated rings. The first-order valence-electron chi connectivity index (χ1n) is 8.78. The first-order valence-corrected chi connectivity index (χ1v) is 8.78. The molecule has 0 saturated heterocycles. The second kappa shape index (κ2) is 8.62. The minimum Gasteiger partial charge on any atom is -0.301 e. The Morgan fingerprint density at radius 1 is 0.571 bits per heavy atom. The molecule has 0 atom stereocenters. The van der Waals surface area contributed by atoms with Crippen molar-refractivity contribution < 1.29 is 21.1 Å². The summed E-state index contributed by atoms with van der Waals surface area (Å²) in [6.45, 7) is 0. The van der Waals surface area contributed by atoms with Crippen molar-refractivity contribution in [2.75, 3.05) is 0 Å². The fourth-order valence-corrected chi connectivity index (χ4v) is 3.39. The van der Waals surface area contributed by atoms with Crippen molar-refractivity contribution in [1.29, 1.82) is 0 Å². The van der Waals surface area contributed by atoms with Crippen LogP contribution in [0.3, 0.4) is 0 Å². The molecule has 3 heteroatoms. The number of nitrogens with zero attached hydrogens (tertiary/aromatic N) is 2. The number of fused-ring (bicyclic) bond motifs is 10. The molecule has 0 amide bonds. The van der Waals surface area contributed by atoms with Gasteiger partial charge in [0.1, 0.15) is 0 Å². The van der Waals surface area contributed by atoms with Gasteiger partial charge < -0.3 is 9.97 Å². The van der Waals surface area contributed by atoms with Gasteiger partial charge in [0.15, 0.2) is 0 Å². The molecule has 3 heterocycles. The van der Waals surface area contributed by atoms with Gasteiger partial charge in [-0.15, -0.1) is 70.8 Å². The Kier molecular flexibility index (Phi) is 6.21. The van der Waals surface area contributed by atoms with Crippen LogP contribution in [-0.2, 0) is 33.9 Å². The molecule has 0 aliphatic carbocycles. The quantitative estimate of drug-likeness (QED) is 0.240. The van der Waals surface area contributed by atoms with Crippen LogP contribution in [0, 0.1) is 12.1 Å². The molecule has 2 nitrogen and oxygen atoms in total. The zero-order valence-electron chi connectivity index (χ0n) is 14.6. The third kappa shape index (κ3) is 4.13. The SMILES string of the molecule is C.[Pt+2].[c-]1c2cccc1-c1cccc(n1)Cc1[c-]c(ccc1)-c1cccc(n1)C2. The maximum atomic E-state index is 4.85. The van der Waals surface area contributed by atoms with Crippen LogP contribution in [0.2, 0.25) is 0 Å². The molecule has 140 valence electrons. The van der Waals surface area contributed by atoms with Crippen LogP contribution in [0.25, 0.3) is 22.5 Å². The van der Waals surface area contributed by atoms with Gasteiger partial charge in [0.2, 0.25) is 0 Å². The topological polar surface area (TPSA) is 25.8 Å². The van der Waals surface area contributed by atoms with E-state index in [0.29, 0.717) is 0 Å². The van der Waals surface area contributed by atoms with E-state index in [1.165, 1.54) is 0 Å². The number of hydrogen-bond donors (Lipinski definition) is 0. The monoisotopic (exact) mass is 543 g/mol. The van der Waals surface area contributed by atoms with Crippen molar-refractivity contribution in [3.63, 3.8) is 0 Å². The summed E-state index contributed by atoms with van der Waals surface area (Å²) in [7, 11) is 0. The fourth-order valence-electron chi connectivity index (χ4n) is 3.39. The van der Waals surface area contributed by atoms with Crippen LogP contribution in [0.4, 0.5) is 0 Å². The second-order valence-electron chi connectivity index (χ2n) is 6.56. The van der Waals surface area contributed by atoms with E-state index in [4.69, 9.17) is 9.97 Å². The maximum absolute atomic E-state index is 4.85. The second-order valence-corrected chi connectivity index (χ2v) is 6.56. The van der Waals surface area contributed by atoms with Gasteiger partial charge in [-0.3, -0.25) is 0 Å². The Morgan fingerprint density at radius 3 is 1.46 bits per heavy atom. The molecule has 8 bridgehead atoms. The van der Waals surface area contributed by atoms with Crippen LogP contribution >= 0.6 is 0 Å². The van der Waals surface area contributed by atoms with Gasteiger partial charge in [-0.1, -0.05) is 31.7 Å². The number of benzene rings is 2. The third-order valence-electron chi connectivity index (χ3n) is 4.62. The normalized spacial score (nSPS) is 11.4. The Labute approximate surface area is 181 Å². The van der Waals surface area contributed by atoms with E-state index in [0.717, 1.165) is 57.9 Å². The molecular weight excluding hydrogens is 523 g/mol. The molecule has 0 radical (unpaired) electrons. The number of aromatic nitrogens is 2. The molecule has 4 aromatic rings. The molecule has 5 rings (SSSR count). The molecule has 0 unspecified atom stereocenters. The molecular formula is C25H20N2Pt.